The Hall–Kier alpha value is -1.39. The number of aromatic nitrogens is 2. The third kappa shape index (κ3) is 2.33. The zero-order valence-corrected chi connectivity index (χ0v) is 10.3. The summed E-state index contributed by atoms with van der Waals surface area (Å²) in [4.78, 5) is 0. The molecule has 4 heteroatoms. The summed E-state index contributed by atoms with van der Waals surface area (Å²) in [5.41, 5.74) is 2.50. The summed E-state index contributed by atoms with van der Waals surface area (Å²) in [5, 5.41) is 12.7. The van der Waals surface area contributed by atoms with E-state index in [2.05, 4.69) is 34.9 Å². The number of aliphatic hydroxyl groups excluding tert-OH is 1. The van der Waals surface area contributed by atoms with Gasteiger partial charge in [-0.2, -0.15) is 5.10 Å². The fourth-order valence-electron chi connectivity index (χ4n) is 2.18. The van der Waals surface area contributed by atoms with Crippen LogP contribution in [0.4, 0.5) is 0 Å². The molecule has 1 fully saturated rings. The van der Waals surface area contributed by atoms with Crippen LogP contribution < -0.4 is 0 Å². The Morgan fingerprint density at radius 3 is 2.94 bits per heavy atom. The minimum absolute atomic E-state index is 0.421. The number of hydrogen-bond donors (Lipinski definition) is 1. The maximum absolute atomic E-state index is 7.00. The molecule has 0 aliphatic carbocycles. The van der Waals surface area contributed by atoms with Gasteiger partial charge in [-0.05, 0) is 25.5 Å². The van der Waals surface area contributed by atoms with Crippen LogP contribution in [-0.2, 0) is 4.74 Å². The minimum atomic E-state index is 0.421. The van der Waals surface area contributed by atoms with Gasteiger partial charge in [0.2, 0.25) is 0 Å². The van der Waals surface area contributed by atoms with E-state index in [1.54, 1.807) is 0 Å². The van der Waals surface area contributed by atoms with Gasteiger partial charge in [0, 0.05) is 19.1 Å². The second-order valence-electron chi connectivity index (χ2n) is 4.17. The van der Waals surface area contributed by atoms with Crippen LogP contribution in [0.2, 0.25) is 0 Å². The van der Waals surface area contributed by atoms with Crippen LogP contribution in [0.15, 0.2) is 24.4 Å². The number of ether oxygens (including phenoxy) is 1. The lowest BCUT2D eigenvalue weighted by Gasteiger charge is -2.09. The molecule has 1 aliphatic heterocycles. The average Bonchev–Trinajstić information content (AvgIpc) is 2.98. The van der Waals surface area contributed by atoms with Gasteiger partial charge in [0.05, 0.1) is 24.4 Å². The van der Waals surface area contributed by atoms with Gasteiger partial charge in [0.25, 0.3) is 0 Å². The smallest absolute Gasteiger partial charge is 0.0781 e. The highest BCUT2D eigenvalue weighted by molar-refractivity contribution is 5.79. The van der Waals surface area contributed by atoms with Crippen molar-refractivity contribution in [1.29, 1.82) is 0 Å². The van der Waals surface area contributed by atoms with E-state index in [9.17, 15) is 0 Å². The van der Waals surface area contributed by atoms with Gasteiger partial charge in [0.1, 0.15) is 0 Å². The van der Waals surface area contributed by atoms with Crippen molar-refractivity contribution in [3.05, 3.63) is 30.0 Å². The molecule has 2 aromatic rings. The number of rotatable bonds is 1. The third-order valence-corrected chi connectivity index (χ3v) is 3.00. The Balaban J connectivity index is 0.000000514. The number of fused-ring (bicyclic) bond motifs is 1. The molecule has 0 spiro atoms. The summed E-state index contributed by atoms with van der Waals surface area (Å²) in [6.07, 6.45) is 3.02. The number of hydrogen-bond acceptors (Lipinski definition) is 3. The number of nitrogens with zero attached hydrogens (tertiary/aromatic N) is 2. The first kappa shape index (κ1) is 12.1. The first-order chi connectivity index (χ1) is 8.34. The SMILES string of the molecule is CO.Cc1ccc2c(cnn2[C@@H]2CCOC2)c1. The molecule has 0 unspecified atom stereocenters. The lowest BCUT2D eigenvalue weighted by atomic mass is 10.2. The van der Waals surface area contributed by atoms with E-state index < -0.39 is 0 Å². The minimum Gasteiger partial charge on any atom is -0.400 e. The highest BCUT2D eigenvalue weighted by Gasteiger charge is 2.19. The fraction of sp³-hybridized carbons (Fsp3) is 0.462. The van der Waals surface area contributed by atoms with Crippen molar-refractivity contribution in [2.45, 2.75) is 19.4 Å². The summed E-state index contributed by atoms with van der Waals surface area (Å²) in [6, 6.07) is 6.88. The highest BCUT2D eigenvalue weighted by atomic mass is 16.5. The van der Waals surface area contributed by atoms with Gasteiger partial charge < -0.3 is 9.84 Å². The summed E-state index contributed by atoms with van der Waals surface area (Å²) >= 11 is 0. The van der Waals surface area contributed by atoms with E-state index in [1.807, 2.05) is 6.20 Å². The van der Waals surface area contributed by atoms with E-state index in [1.165, 1.54) is 16.5 Å². The molecule has 92 valence electrons. The third-order valence-electron chi connectivity index (χ3n) is 3.00. The molecular weight excluding hydrogens is 216 g/mol. The Morgan fingerprint density at radius 2 is 2.24 bits per heavy atom. The molecule has 1 N–H and O–H groups in total. The predicted octanol–water partition coefficient (Wildman–Crippen LogP) is 1.91. The maximum Gasteiger partial charge on any atom is 0.0781 e. The molecule has 1 aromatic heterocycles. The van der Waals surface area contributed by atoms with Crippen LogP contribution in [0.5, 0.6) is 0 Å². The largest absolute Gasteiger partial charge is 0.400 e. The fourth-order valence-corrected chi connectivity index (χ4v) is 2.18. The van der Waals surface area contributed by atoms with Crippen molar-refractivity contribution in [3.63, 3.8) is 0 Å². The predicted molar refractivity (Wildman–Crippen MR) is 67.1 cm³/mol. The van der Waals surface area contributed by atoms with Crippen LogP contribution >= 0.6 is 0 Å². The molecule has 17 heavy (non-hydrogen) atoms. The van der Waals surface area contributed by atoms with Gasteiger partial charge in [-0.15, -0.1) is 0 Å². The van der Waals surface area contributed by atoms with Crippen LogP contribution in [0.1, 0.15) is 18.0 Å². The van der Waals surface area contributed by atoms with Crippen molar-refractivity contribution in [3.8, 4) is 0 Å². The van der Waals surface area contributed by atoms with Crippen LogP contribution in [0.25, 0.3) is 10.9 Å². The molecule has 4 nitrogen and oxygen atoms in total. The zero-order chi connectivity index (χ0) is 12.3. The van der Waals surface area contributed by atoms with Gasteiger partial charge in [-0.25, -0.2) is 0 Å². The monoisotopic (exact) mass is 234 g/mol. The summed E-state index contributed by atoms with van der Waals surface area (Å²) in [7, 11) is 1.00. The standard InChI is InChI=1S/C12H14N2O.CH4O/c1-9-2-3-12-10(6-9)7-13-14(12)11-4-5-15-8-11;1-2/h2-3,6-7,11H,4-5,8H2,1H3;2H,1H3/t11-;/m1./s1. The Kier molecular flexibility index (Phi) is 3.76. The zero-order valence-electron chi connectivity index (χ0n) is 10.3. The Morgan fingerprint density at radius 1 is 1.41 bits per heavy atom. The molecule has 1 atom stereocenters. The molecule has 0 saturated carbocycles. The molecule has 3 rings (SSSR count). The quantitative estimate of drug-likeness (QED) is 0.820. The first-order valence-electron chi connectivity index (χ1n) is 5.81. The van der Waals surface area contributed by atoms with Gasteiger partial charge in [0.15, 0.2) is 0 Å². The van der Waals surface area contributed by atoms with Crippen molar-refractivity contribution in [2.24, 2.45) is 0 Å². The normalized spacial score (nSPS) is 19.1. The lowest BCUT2D eigenvalue weighted by Crippen LogP contribution is -2.09. The molecule has 0 amide bonds. The van der Waals surface area contributed by atoms with Crippen molar-refractivity contribution in [2.75, 3.05) is 20.3 Å². The van der Waals surface area contributed by atoms with Crippen molar-refractivity contribution < 1.29 is 9.84 Å². The molecule has 1 aliphatic rings. The second-order valence-corrected chi connectivity index (χ2v) is 4.17. The average molecular weight is 234 g/mol. The molecule has 1 aromatic carbocycles. The van der Waals surface area contributed by atoms with E-state index in [-0.39, 0.29) is 0 Å². The maximum atomic E-state index is 7.00. The highest BCUT2D eigenvalue weighted by Crippen LogP contribution is 2.24. The second kappa shape index (κ2) is 5.29. The van der Waals surface area contributed by atoms with Gasteiger partial charge in [-0.1, -0.05) is 11.6 Å². The number of aliphatic hydroxyl groups is 1. The van der Waals surface area contributed by atoms with E-state index in [4.69, 9.17) is 9.84 Å². The number of aryl methyl sites for hydroxylation is 1. The van der Waals surface area contributed by atoms with Gasteiger partial charge >= 0.3 is 0 Å². The van der Waals surface area contributed by atoms with Crippen molar-refractivity contribution in [1.82, 2.24) is 9.78 Å². The molecule has 0 radical (unpaired) electrons. The molecular formula is C13H18N2O2. The molecule has 2 heterocycles. The Labute approximate surface area is 101 Å². The van der Waals surface area contributed by atoms with E-state index >= 15 is 0 Å². The van der Waals surface area contributed by atoms with Crippen molar-refractivity contribution >= 4 is 10.9 Å². The summed E-state index contributed by atoms with van der Waals surface area (Å²) < 4.78 is 7.49. The van der Waals surface area contributed by atoms with E-state index in [0.29, 0.717) is 6.04 Å². The number of benzene rings is 1. The summed E-state index contributed by atoms with van der Waals surface area (Å²) in [5.74, 6) is 0. The summed E-state index contributed by atoms with van der Waals surface area (Å²) in [6.45, 7) is 3.76. The molecule has 0 bridgehead atoms. The topological polar surface area (TPSA) is 47.3 Å². The van der Waals surface area contributed by atoms with Gasteiger partial charge in [-0.3, -0.25) is 4.68 Å². The van der Waals surface area contributed by atoms with Crippen LogP contribution in [0.3, 0.4) is 0 Å². The lowest BCUT2D eigenvalue weighted by molar-refractivity contribution is 0.185. The molecule has 1 saturated heterocycles. The van der Waals surface area contributed by atoms with E-state index in [0.717, 1.165) is 26.7 Å². The van der Waals surface area contributed by atoms with Crippen LogP contribution in [0, 0.1) is 6.92 Å². The Bertz CT molecular complexity index is 487. The first-order valence-corrected chi connectivity index (χ1v) is 5.81. The van der Waals surface area contributed by atoms with Crippen LogP contribution in [-0.4, -0.2) is 35.2 Å².